The molecule has 142 valence electrons. The molecule has 1 aliphatic carbocycles. The predicted octanol–water partition coefficient (Wildman–Crippen LogP) is 3.73. The summed E-state index contributed by atoms with van der Waals surface area (Å²) in [6, 6.07) is 12.8. The summed E-state index contributed by atoms with van der Waals surface area (Å²) in [5, 5.41) is 0. The van der Waals surface area contributed by atoms with Gasteiger partial charge in [0.05, 0.1) is 35.6 Å². The lowest BCUT2D eigenvalue weighted by atomic mass is 9.91. The van der Waals surface area contributed by atoms with E-state index in [1.807, 2.05) is 37.1 Å². The Morgan fingerprint density at radius 1 is 1.14 bits per heavy atom. The van der Waals surface area contributed by atoms with Crippen LogP contribution >= 0.6 is 0 Å². The van der Waals surface area contributed by atoms with Gasteiger partial charge < -0.3 is 9.55 Å². The number of imidazole rings is 2. The van der Waals surface area contributed by atoms with Crippen LogP contribution in [-0.2, 0) is 19.5 Å². The summed E-state index contributed by atoms with van der Waals surface area (Å²) in [4.78, 5) is 19.8. The van der Waals surface area contributed by atoms with Gasteiger partial charge in [-0.1, -0.05) is 18.2 Å². The highest BCUT2D eigenvalue weighted by Gasteiger charge is 2.27. The Bertz CT molecular complexity index is 1020. The fraction of sp³-hybridized carbons (Fsp3) is 0.318. The number of nitrogens with one attached hydrogen (secondary N) is 1. The minimum absolute atomic E-state index is 0.321. The van der Waals surface area contributed by atoms with E-state index in [9.17, 15) is 0 Å². The molecule has 3 aromatic heterocycles. The number of pyridine rings is 1. The van der Waals surface area contributed by atoms with Crippen molar-refractivity contribution >= 4 is 11.0 Å². The van der Waals surface area contributed by atoms with Gasteiger partial charge in [-0.25, -0.2) is 9.97 Å². The van der Waals surface area contributed by atoms with Crippen LogP contribution in [0.15, 0.2) is 61.3 Å². The van der Waals surface area contributed by atoms with Crippen molar-refractivity contribution in [3.8, 4) is 0 Å². The first-order valence-electron chi connectivity index (χ1n) is 9.94. The Hall–Kier alpha value is -2.99. The molecule has 1 aromatic carbocycles. The van der Waals surface area contributed by atoms with Gasteiger partial charge >= 0.3 is 0 Å². The van der Waals surface area contributed by atoms with Crippen LogP contribution in [0.4, 0.5) is 0 Å². The number of benzene rings is 1. The Kier molecular flexibility index (Phi) is 4.62. The molecule has 28 heavy (non-hydrogen) atoms. The Morgan fingerprint density at radius 2 is 2.11 bits per heavy atom. The molecule has 0 amide bonds. The number of hydrogen-bond acceptors (Lipinski definition) is 4. The number of nitrogens with zero attached hydrogens (tertiary/aromatic N) is 5. The highest BCUT2D eigenvalue weighted by molar-refractivity contribution is 5.74. The van der Waals surface area contributed by atoms with E-state index < -0.39 is 0 Å². The van der Waals surface area contributed by atoms with Crippen LogP contribution in [0, 0.1) is 0 Å². The molecule has 0 saturated heterocycles. The smallest absolute Gasteiger partial charge is 0.121 e. The first-order valence-corrected chi connectivity index (χ1v) is 9.94. The molecular weight excluding hydrogens is 348 g/mol. The lowest BCUT2D eigenvalue weighted by Crippen LogP contribution is -2.34. The number of aromatic amines is 1. The lowest BCUT2D eigenvalue weighted by Gasteiger charge is -2.34. The molecule has 5 rings (SSSR count). The normalized spacial score (nSPS) is 16.5. The van der Waals surface area contributed by atoms with Gasteiger partial charge in [-0.2, -0.15) is 0 Å². The Balaban J connectivity index is 1.44. The largest absolute Gasteiger partial charge is 0.341 e. The summed E-state index contributed by atoms with van der Waals surface area (Å²) < 4.78 is 2.13. The first-order chi connectivity index (χ1) is 13.9. The summed E-state index contributed by atoms with van der Waals surface area (Å²) >= 11 is 0. The fourth-order valence-electron chi connectivity index (χ4n) is 4.22. The average Bonchev–Trinajstić information content (AvgIpc) is 3.40. The zero-order valence-corrected chi connectivity index (χ0v) is 15.8. The molecule has 0 spiro atoms. The van der Waals surface area contributed by atoms with Crippen molar-refractivity contribution in [3.63, 3.8) is 0 Å². The summed E-state index contributed by atoms with van der Waals surface area (Å²) in [7, 11) is 0. The first kappa shape index (κ1) is 17.1. The van der Waals surface area contributed by atoms with Crippen LogP contribution in [0.5, 0.6) is 0 Å². The van der Waals surface area contributed by atoms with Crippen molar-refractivity contribution in [2.75, 3.05) is 6.54 Å². The molecule has 1 atom stereocenters. The third-order valence-corrected chi connectivity index (χ3v) is 5.60. The molecule has 0 aliphatic heterocycles. The van der Waals surface area contributed by atoms with Crippen molar-refractivity contribution in [1.82, 2.24) is 29.4 Å². The molecule has 0 bridgehead atoms. The van der Waals surface area contributed by atoms with Crippen LogP contribution in [-0.4, -0.2) is 35.9 Å². The molecule has 1 aliphatic rings. The van der Waals surface area contributed by atoms with Crippen molar-refractivity contribution < 1.29 is 0 Å². The van der Waals surface area contributed by atoms with Crippen LogP contribution in [0.25, 0.3) is 11.0 Å². The van der Waals surface area contributed by atoms with Gasteiger partial charge in [0, 0.05) is 31.7 Å². The van der Waals surface area contributed by atoms with E-state index >= 15 is 0 Å². The molecular formula is C22H24N6. The molecule has 6 nitrogen and oxygen atoms in total. The zero-order chi connectivity index (χ0) is 18.8. The van der Waals surface area contributed by atoms with Gasteiger partial charge in [0.2, 0.25) is 0 Å². The highest BCUT2D eigenvalue weighted by atomic mass is 15.2. The van der Waals surface area contributed by atoms with Gasteiger partial charge in [-0.3, -0.25) is 9.88 Å². The van der Waals surface area contributed by atoms with Gasteiger partial charge in [0.25, 0.3) is 0 Å². The standard InChI is InChI=1S/C22H24N6/c1-2-8-19-18(7-1)25-21(26-19)15-28(14-13-27-12-11-23-16-27)20-9-3-5-17-6-4-10-24-22(17)20/h1-2,4,6-8,10-12,16,20H,3,5,9,13-15H2,(H,25,26). The predicted molar refractivity (Wildman–Crippen MR) is 109 cm³/mol. The summed E-state index contributed by atoms with van der Waals surface area (Å²) in [6.07, 6.45) is 11.1. The van der Waals surface area contributed by atoms with Crippen LogP contribution in [0.3, 0.4) is 0 Å². The van der Waals surface area contributed by atoms with E-state index in [1.165, 1.54) is 17.7 Å². The average molecular weight is 372 g/mol. The summed E-state index contributed by atoms with van der Waals surface area (Å²) in [5.74, 6) is 1.01. The van der Waals surface area contributed by atoms with E-state index in [4.69, 9.17) is 9.97 Å². The maximum absolute atomic E-state index is 4.81. The van der Waals surface area contributed by atoms with E-state index in [0.717, 1.165) is 49.3 Å². The number of para-hydroxylation sites is 2. The fourth-order valence-corrected chi connectivity index (χ4v) is 4.22. The van der Waals surface area contributed by atoms with Crippen molar-refractivity contribution in [2.45, 2.75) is 38.4 Å². The van der Waals surface area contributed by atoms with E-state index in [1.54, 1.807) is 0 Å². The van der Waals surface area contributed by atoms with Gasteiger partial charge in [-0.05, 0) is 43.0 Å². The maximum atomic E-state index is 4.81. The highest BCUT2D eigenvalue weighted by Crippen LogP contribution is 2.33. The number of aromatic nitrogens is 5. The third kappa shape index (κ3) is 3.43. The molecule has 1 unspecified atom stereocenters. The number of fused-ring (bicyclic) bond motifs is 2. The molecule has 4 aromatic rings. The minimum atomic E-state index is 0.321. The number of H-pyrrole nitrogens is 1. The van der Waals surface area contributed by atoms with E-state index in [-0.39, 0.29) is 0 Å². The second-order valence-electron chi connectivity index (χ2n) is 7.43. The van der Waals surface area contributed by atoms with E-state index in [0.29, 0.717) is 6.04 Å². The number of hydrogen-bond donors (Lipinski definition) is 1. The van der Waals surface area contributed by atoms with Crippen LogP contribution in [0.2, 0.25) is 0 Å². The topological polar surface area (TPSA) is 62.6 Å². The zero-order valence-electron chi connectivity index (χ0n) is 15.8. The third-order valence-electron chi connectivity index (χ3n) is 5.60. The van der Waals surface area contributed by atoms with Gasteiger partial charge in [-0.15, -0.1) is 0 Å². The Labute approximate surface area is 164 Å². The van der Waals surface area contributed by atoms with Crippen LogP contribution < -0.4 is 0 Å². The van der Waals surface area contributed by atoms with Crippen molar-refractivity contribution in [3.05, 3.63) is 78.4 Å². The van der Waals surface area contributed by atoms with Crippen molar-refractivity contribution in [2.24, 2.45) is 0 Å². The van der Waals surface area contributed by atoms with Crippen LogP contribution in [0.1, 0.15) is 36.0 Å². The van der Waals surface area contributed by atoms with E-state index in [2.05, 4.69) is 43.7 Å². The monoisotopic (exact) mass is 372 g/mol. The SMILES string of the molecule is c1cnc2c(c1)CCCC2N(CCn1ccnc1)Cc1nc2ccccc2[nH]1. The molecule has 0 fully saturated rings. The van der Waals surface area contributed by atoms with Gasteiger partial charge in [0.15, 0.2) is 0 Å². The molecule has 6 heteroatoms. The maximum Gasteiger partial charge on any atom is 0.121 e. The number of rotatable bonds is 6. The Morgan fingerprint density at radius 3 is 3.00 bits per heavy atom. The second kappa shape index (κ2) is 7.56. The summed E-state index contributed by atoms with van der Waals surface area (Å²) in [6.45, 7) is 2.61. The molecule has 0 radical (unpaired) electrons. The minimum Gasteiger partial charge on any atom is -0.341 e. The quantitative estimate of drug-likeness (QED) is 0.560. The second-order valence-corrected chi connectivity index (χ2v) is 7.43. The molecule has 0 saturated carbocycles. The molecule has 1 N–H and O–H groups in total. The number of aryl methyl sites for hydroxylation is 1. The summed E-state index contributed by atoms with van der Waals surface area (Å²) in [5.41, 5.74) is 4.73. The molecule has 3 heterocycles. The van der Waals surface area contributed by atoms with Gasteiger partial charge in [0.1, 0.15) is 5.82 Å². The lowest BCUT2D eigenvalue weighted by molar-refractivity contribution is 0.156. The van der Waals surface area contributed by atoms with Crippen molar-refractivity contribution in [1.29, 1.82) is 0 Å².